The van der Waals surface area contributed by atoms with Crippen molar-refractivity contribution in [3.05, 3.63) is 47.7 Å². The van der Waals surface area contributed by atoms with Crippen molar-refractivity contribution in [1.82, 2.24) is 24.6 Å². The Kier molecular flexibility index (Phi) is 5.82. The number of ether oxygens (including phenoxy) is 1. The maximum Gasteiger partial charge on any atom is 0.332 e. The number of thioether (sulfide) groups is 1. The molecule has 0 aliphatic carbocycles. The number of nitrogens with zero attached hydrogens (tertiary/aromatic N) is 8. The van der Waals surface area contributed by atoms with Crippen LogP contribution in [0, 0.1) is 29.6 Å². The number of nitriles is 2. The van der Waals surface area contributed by atoms with Gasteiger partial charge in [0.1, 0.15) is 28.3 Å². The van der Waals surface area contributed by atoms with Gasteiger partial charge in [-0.05, 0) is 19.1 Å². The van der Waals surface area contributed by atoms with Crippen molar-refractivity contribution in [2.24, 2.45) is 7.05 Å². The van der Waals surface area contributed by atoms with Crippen LogP contribution in [0.4, 0.5) is 10.5 Å². The van der Waals surface area contributed by atoms with Crippen LogP contribution in [0.5, 0.6) is 5.75 Å². The highest BCUT2D eigenvalue weighted by atomic mass is 32.2. The number of amides is 3. The molecule has 0 radical (unpaired) electrons. The molecule has 1 fully saturated rings. The van der Waals surface area contributed by atoms with Crippen molar-refractivity contribution in [2.75, 3.05) is 18.6 Å². The Balaban J connectivity index is 1.61. The summed E-state index contributed by atoms with van der Waals surface area (Å²) in [4.78, 5) is 39.3. The molecule has 0 N–H and O–H groups in total. The van der Waals surface area contributed by atoms with E-state index in [2.05, 4.69) is 27.2 Å². The minimum atomic E-state index is -0.679. The molecule has 1 saturated heterocycles. The van der Waals surface area contributed by atoms with Gasteiger partial charge in [0.2, 0.25) is 0 Å². The van der Waals surface area contributed by atoms with Gasteiger partial charge in [-0.25, -0.2) is 14.7 Å². The van der Waals surface area contributed by atoms with E-state index in [0.29, 0.717) is 32.8 Å². The van der Waals surface area contributed by atoms with Gasteiger partial charge >= 0.3 is 6.03 Å². The Labute approximate surface area is 210 Å². The van der Waals surface area contributed by atoms with Gasteiger partial charge in [-0.15, -0.1) is 11.8 Å². The summed E-state index contributed by atoms with van der Waals surface area (Å²) in [5.41, 5.74) is 2.41. The fourth-order valence-electron chi connectivity index (χ4n) is 4.49. The molecular weight excluding hydrogens is 480 g/mol. The number of imide groups is 1. The van der Waals surface area contributed by atoms with E-state index < -0.39 is 23.2 Å². The first-order chi connectivity index (χ1) is 17.4. The normalized spacial score (nSPS) is 19.2. The molecule has 3 aromatic heterocycles. The minimum absolute atomic E-state index is 0.101. The Morgan fingerprint density at radius 1 is 1.22 bits per heavy atom. The quantitative estimate of drug-likeness (QED) is 0.517. The number of anilines is 1. The number of methoxy groups -OCH3 is 1. The van der Waals surface area contributed by atoms with Crippen LogP contribution in [0.25, 0.3) is 15.8 Å². The van der Waals surface area contributed by atoms with E-state index in [1.165, 1.54) is 36.2 Å². The van der Waals surface area contributed by atoms with Crippen molar-refractivity contribution in [3.8, 4) is 17.9 Å². The van der Waals surface area contributed by atoms with E-state index in [4.69, 9.17) is 4.74 Å². The van der Waals surface area contributed by atoms with Gasteiger partial charge in [0.15, 0.2) is 0 Å². The number of fused-ring (bicyclic) bond motifs is 2. The third-order valence-electron chi connectivity index (χ3n) is 6.33. The van der Waals surface area contributed by atoms with E-state index in [-0.39, 0.29) is 18.7 Å². The molecule has 0 spiro atoms. The zero-order chi connectivity index (χ0) is 25.6. The number of urea groups is 1. The largest absolute Gasteiger partial charge is 0.495 e. The molecule has 0 bridgehead atoms. The molecule has 5 heterocycles. The molecule has 12 heteroatoms. The number of rotatable bonds is 5. The average Bonchev–Trinajstić information content (AvgIpc) is 3.45. The summed E-state index contributed by atoms with van der Waals surface area (Å²) in [6.45, 7) is 2.00. The molecule has 2 aliphatic heterocycles. The SMILES string of the molecule is COc1cnc(C#N)c(C2=CC3C(S2)C(=O)N(c2cncc4nn(C)c(C)c24)C(=O)N3CCC#N)c1. The molecular formula is C24H20N8O3S. The molecule has 3 amide bonds. The van der Waals surface area contributed by atoms with E-state index in [1.807, 2.05) is 6.92 Å². The highest BCUT2D eigenvalue weighted by molar-refractivity contribution is 8.09. The maximum atomic E-state index is 13.9. The van der Waals surface area contributed by atoms with Gasteiger partial charge < -0.3 is 9.64 Å². The van der Waals surface area contributed by atoms with Crippen LogP contribution in [-0.2, 0) is 11.8 Å². The first-order valence-electron chi connectivity index (χ1n) is 11.0. The molecule has 0 aromatic carbocycles. The monoisotopic (exact) mass is 500 g/mol. The Morgan fingerprint density at radius 3 is 2.75 bits per heavy atom. The maximum absolute atomic E-state index is 13.9. The molecule has 5 rings (SSSR count). The third-order valence-corrected chi connectivity index (χ3v) is 7.68. The van der Waals surface area contributed by atoms with Crippen molar-refractivity contribution >= 4 is 45.2 Å². The van der Waals surface area contributed by atoms with E-state index in [1.54, 1.807) is 30.1 Å². The molecule has 36 heavy (non-hydrogen) atoms. The molecule has 2 atom stereocenters. The standard InChI is InChI=1S/C24H20N8O3S/c1-13-21-17(29-30(13)2)11-27-12-19(21)32-23(33)22-18(31(24(32)34)6-4-5-25)8-20(36-22)15-7-14(35-3)10-28-16(15)9-26/h7-8,10-12,18,22H,4,6H2,1-3H3. The Morgan fingerprint density at radius 2 is 2.03 bits per heavy atom. The zero-order valence-corrected chi connectivity index (χ0v) is 20.5. The summed E-state index contributed by atoms with van der Waals surface area (Å²) in [6.07, 6.45) is 6.43. The van der Waals surface area contributed by atoms with E-state index >= 15 is 0 Å². The van der Waals surface area contributed by atoms with E-state index in [9.17, 15) is 20.1 Å². The van der Waals surface area contributed by atoms with E-state index in [0.717, 1.165) is 10.6 Å². The smallest absolute Gasteiger partial charge is 0.332 e. The summed E-state index contributed by atoms with van der Waals surface area (Å²) < 4.78 is 6.95. The molecule has 2 unspecified atom stereocenters. The molecule has 0 saturated carbocycles. The molecule has 2 aliphatic rings. The lowest BCUT2D eigenvalue weighted by Crippen LogP contribution is -2.62. The molecule has 180 valence electrons. The summed E-state index contributed by atoms with van der Waals surface area (Å²) in [6, 6.07) is 4.73. The summed E-state index contributed by atoms with van der Waals surface area (Å²) >= 11 is 1.26. The summed E-state index contributed by atoms with van der Waals surface area (Å²) in [7, 11) is 3.29. The van der Waals surface area contributed by atoms with Crippen LogP contribution >= 0.6 is 11.8 Å². The number of hydrogen-bond donors (Lipinski definition) is 0. The first kappa shape index (κ1) is 23.3. The van der Waals surface area contributed by atoms with Gasteiger partial charge in [0, 0.05) is 29.8 Å². The number of hydrogen-bond acceptors (Lipinski definition) is 9. The number of aromatic nitrogens is 4. The van der Waals surface area contributed by atoms with Crippen LogP contribution in [0.3, 0.4) is 0 Å². The van der Waals surface area contributed by atoms with Crippen LogP contribution in [-0.4, -0.2) is 61.5 Å². The Hall–Kier alpha value is -4.42. The lowest BCUT2D eigenvalue weighted by molar-refractivity contribution is -0.119. The average molecular weight is 501 g/mol. The molecule has 3 aromatic rings. The fourth-order valence-corrected chi connectivity index (χ4v) is 5.84. The van der Waals surface area contributed by atoms with Crippen molar-refractivity contribution in [3.63, 3.8) is 0 Å². The predicted octanol–water partition coefficient (Wildman–Crippen LogP) is 2.76. The van der Waals surface area contributed by atoms with Crippen LogP contribution in [0.2, 0.25) is 0 Å². The first-order valence-corrected chi connectivity index (χ1v) is 11.9. The highest BCUT2D eigenvalue weighted by Crippen LogP contribution is 2.46. The zero-order valence-electron chi connectivity index (χ0n) is 19.7. The summed E-state index contributed by atoms with van der Waals surface area (Å²) in [5, 5.41) is 23.2. The second-order valence-electron chi connectivity index (χ2n) is 8.26. The second-order valence-corrected chi connectivity index (χ2v) is 9.45. The summed E-state index contributed by atoms with van der Waals surface area (Å²) in [5.74, 6) is 0.0666. The van der Waals surface area contributed by atoms with Gasteiger partial charge in [0.05, 0.1) is 55.3 Å². The lowest BCUT2D eigenvalue weighted by atomic mass is 10.0. The van der Waals surface area contributed by atoms with Gasteiger partial charge in [-0.2, -0.15) is 15.6 Å². The fraction of sp³-hybridized carbons (Fsp3) is 0.292. The van der Waals surface area contributed by atoms with Crippen LogP contribution in [0.15, 0.2) is 30.7 Å². The topological polar surface area (TPSA) is 141 Å². The van der Waals surface area contributed by atoms with Crippen molar-refractivity contribution < 1.29 is 14.3 Å². The second kappa shape index (κ2) is 8.98. The minimum Gasteiger partial charge on any atom is -0.495 e. The number of aryl methyl sites for hydroxylation is 2. The van der Waals surface area contributed by atoms with Crippen molar-refractivity contribution in [2.45, 2.75) is 24.6 Å². The van der Waals surface area contributed by atoms with Crippen molar-refractivity contribution in [1.29, 1.82) is 10.5 Å². The predicted molar refractivity (Wildman–Crippen MR) is 132 cm³/mol. The van der Waals surface area contributed by atoms with Gasteiger partial charge in [-0.1, -0.05) is 0 Å². The third kappa shape index (κ3) is 3.54. The number of carbonyl (C=O) groups is 2. The van der Waals surface area contributed by atoms with Gasteiger partial charge in [-0.3, -0.25) is 14.5 Å². The lowest BCUT2D eigenvalue weighted by Gasteiger charge is -2.40. The Bertz CT molecular complexity index is 1530. The highest BCUT2D eigenvalue weighted by Gasteiger charge is 2.50. The molecule has 11 nitrogen and oxygen atoms in total. The number of carbonyl (C=O) groups excluding carboxylic acids is 2. The van der Waals surface area contributed by atoms with Gasteiger partial charge in [0.25, 0.3) is 5.91 Å². The van der Waals surface area contributed by atoms with Crippen LogP contribution < -0.4 is 9.64 Å². The van der Waals surface area contributed by atoms with Crippen LogP contribution in [0.1, 0.15) is 23.4 Å². The number of pyridine rings is 2.